The van der Waals surface area contributed by atoms with Gasteiger partial charge in [0.2, 0.25) is 0 Å². The van der Waals surface area contributed by atoms with Gasteiger partial charge in [0, 0.05) is 34.3 Å². The van der Waals surface area contributed by atoms with Crippen LogP contribution in [0.3, 0.4) is 0 Å². The minimum absolute atomic E-state index is 0.0288. The lowest BCUT2D eigenvalue weighted by Gasteiger charge is -2.23. The van der Waals surface area contributed by atoms with Crippen LogP contribution >= 0.6 is 0 Å². The Kier molecular flexibility index (Phi) is 3.81. The van der Waals surface area contributed by atoms with E-state index in [0.29, 0.717) is 0 Å². The van der Waals surface area contributed by atoms with Crippen LogP contribution in [0.2, 0.25) is 0 Å². The van der Waals surface area contributed by atoms with E-state index >= 15 is 0 Å². The summed E-state index contributed by atoms with van der Waals surface area (Å²) in [5, 5.41) is 5.31. The van der Waals surface area contributed by atoms with Gasteiger partial charge in [-0.05, 0) is 75.3 Å². The van der Waals surface area contributed by atoms with Crippen LogP contribution in [0.15, 0.2) is 91.0 Å². The molecule has 7 rings (SSSR count). The van der Waals surface area contributed by atoms with Crippen LogP contribution in [0.5, 0.6) is 0 Å². The molecule has 0 radical (unpaired) electrons. The molecule has 164 valence electrons. The van der Waals surface area contributed by atoms with E-state index in [9.17, 15) is 0 Å². The van der Waals surface area contributed by atoms with E-state index in [0.717, 1.165) is 0 Å². The van der Waals surface area contributed by atoms with Gasteiger partial charge in [-0.3, -0.25) is 0 Å². The maximum Gasteiger partial charge on any atom is 0.0489 e. The topological polar surface area (TPSA) is 4.93 Å². The molecule has 1 heterocycles. The van der Waals surface area contributed by atoms with Gasteiger partial charge < -0.3 is 4.57 Å². The molecule has 0 unspecified atom stereocenters. The Labute approximate surface area is 200 Å². The zero-order chi connectivity index (χ0) is 23.2. The van der Waals surface area contributed by atoms with E-state index < -0.39 is 0 Å². The van der Waals surface area contributed by atoms with Crippen molar-refractivity contribution >= 4 is 32.6 Å². The van der Waals surface area contributed by atoms with Crippen LogP contribution in [0.1, 0.15) is 30.5 Å². The number of rotatable bonds is 1. The molecule has 1 aromatic heterocycles. The highest BCUT2D eigenvalue weighted by Crippen LogP contribution is 2.53. The highest BCUT2D eigenvalue weighted by atomic mass is 14.9. The van der Waals surface area contributed by atoms with Gasteiger partial charge in [-0.25, -0.2) is 0 Å². The molecule has 0 saturated carbocycles. The molecule has 0 spiro atoms. The van der Waals surface area contributed by atoms with Gasteiger partial charge in [0.15, 0.2) is 0 Å². The van der Waals surface area contributed by atoms with Crippen molar-refractivity contribution in [2.75, 3.05) is 0 Å². The van der Waals surface area contributed by atoms with Crippen molar-refractivity contribution in [3.05, 3.63) is 108 Å². The standard InChI is InChI=1S/C33H27N/c1-20-13-15-25-28(17-20)33(2,3)29-19-26(22-9-5-6-11-24(22)32(25)29)21-14-16-31-27(18-21)23-10-7-8-12-30(23)34(31)4/h5-19H,1-4H3. The summed E-state index contributed by atoms with van der Waals surface area (Å²) in [5.74, 6) is 0. The first-order valence-corrected chi connectivity index (χ1v) is 12.1. The van der Waals surface area contributed by atoms with Crippen LogP contribution < -0.4 is 0 Å². The third kappa shape index (κ3) is 2.45. The molecule has 0 aliphatic heterocycles. The second kappa shape index (κ2) is 6.61. The number of hydrogen-bond acceptors (Lipinski definition) is 0. The number of aryl methyl sites for hydroxylation is 2. The smallest absolute Gasteiger partial charge is 0.0489 e. The zero-order valence-corrected chi connectivity index (χ0v) is 20.1. The molecule has 1 aliphatic rings. The number of aromatic nitrogens is 1. The van der Waals surface area contributed by atoms with E-state index in [1.165, 1.54) is 71.5 Å². The predicted molar refractivity (Wildman–Crippen MR) is 146 cm³/mol. The zero-order valence-electron chi connectivity index (χ0n) is 20.1. The fourth-order valence-corrected chi connectivity index (χ4v) is 6.27. The molecule has 0 amide bonds. The molecule has 0 saturated heterocycles. The quantitative estimate of drug-likeness (QED) is 0.242. The molecule has 0 N–H and O–H groups in total. The highest BCUT2D eigenvalue weighted by molar-refractivity contribution is 6.12. The predicted octanol–water partition coefficient (Wildman–Crippen LogP) is 8.77. The molecule has 6 aromatic rings. The second-order valence-corrected chi connectivity index (χ2v) is 10.4. The average Bonchev–Trinajstić information content (AvgIpc) is 3.26. The monoisotopic (exact) mass is 437 g/mol. The van der Waals surface area contributed by atoms with Crippen molar-refractivity contribution in [1.82, 2.24) is 4.57 Å². The van der Waals surface area contributed by atoms with Crippen molar-refractivity contribution in [3.63, 3.8) is 0 Å². The molecule has 0 fully saturated rings. The van der Waals surface area contributed by atoms with Crippen molar-refractivity contribution in [2.45, 2.75) is 26.2 Å². The van der Waals surface area contributed by atoms with Gasteiger partial charge in [0.1, 0.15) is 0 Å². The van der Waals surface area contributed by atoms with Crippen molar-refractivity contribution in [2.24, 2.45) is 7.05 Å². The summed E-state index contributed by atoms with van der Waals surface area (Å²) < 4.78 is 2.30. The number of nitrogens with zero attached hydrogens (tertiary/aromatic N) is 1. The molecule has 5 aromatic carbocycles. The lowest BCUT2D eigenvalue weighted by molar-refractivity contribution is 0.660. The molecule has 0 atom stereocenters. The summed E-state index contributed by atoms with van der Waals surface area (Å²) in [7, 11) is 2.16. The first-order valence-electron chi connectivity index (χ1n) is 12.1. The SMILES string of the molecule is Cc1ccc2c(c1)C(C)(C)c1cc(-c3ccc4c(c3)c3ccccc3n4C)c3ccccc3c1-2. The van der Waals surface area contributed by atoms with Gasteiger partial charge >= 0.3 is 0 Å². The fraction of sp³-hybridized carbons (Fsp3) is 0.152. The Balaban J connectivity index is 1.57. The van der Waals surface area contributed by atoms with Gasteiger partial charge in [0.25, 0.3) is 0 Å². The van der Waals surface area contributed by atoms with E-state index in [1.807, 2.05) is 0 Å². The van der Waals surface area contributed by atoms with Gasteiger partial charge in [0.05, 0.1) is 0 Å². The maximum atomic E-state index is 2.47. The summed E-state index contributed by atoms with van der Waals surface area (Å²) in [4.78, 5) is 0. The summed E-state index contributed by atoms with van der Waals surface area (Å²) >= 11 is 0. The number of fused-ring (bicyclic) bond motifs is 8. The lowest BCUT2D eigenvalue weighted by Crippen LogP contribution is -2.15. The normalized spacial score (nSPS) is 14.1. The third-order valence-corrected chi connectivity index (χ3v) is 8.06. The first-order chi connectivity index (χ1) is 16.4. The Morgan fingerprint density at radius 3 is 2.12 bits per heavy atom. The first kappa shape index (κ1) is 19.6. The second-order valence-electron chi connectivity index (χ2n) is 10.4. The Bertz CT molecular complexity index is 1800. The highest BCUT2D eigenvalue weighted by Gasteiger charge is 2.37. The fourth-order valence-electron chi connectivity index (χ4n) is 6.27. The summed E-state index contributed by atoms with van der Waals surface area (Å²) in [6.45, 7) is 6.95. The molecule has 0 bridgehead atoms. The minimum Gasteiger partial charge on any atom is -0.344 e. The lowest BCUT2D eigenvalue weighted by atomic mass is 9.80. The van der Waals surface area contributed by atoms with E-state index in [2.05, 4.69) is 123 Å². The van der Waals surface area contributed by atoms with Gasteiger partial charge in [-0.1, -0.05) is 86.1 Å². The van der Waals surface area contributed by atoms with E-state index in [1.54, 1.807) is 0 Å². The van der Waals surface area contributed by atoms with Crippen LogP contribution in [0, 0.1) is 6.92 Å². The van der Waals surface area contributed by atoms with Crippen LogP contribution in [0.25, 0.3) is 54.8 Å². The van der Waals surface area contributed by atoms with Gasteiger partial charge in [-0.2, -0.15) is 0 Å². The Morgan fingerprint density at radius 1 is 0.588 bits per heavy atom. The maximum absolute atomic E-state index is 2.47. The van der Waals surface area contributed by atoms with Crippen LogP contribution in [-0.2, 0) is 12.5 Å². The van der Waals surface area contributed by atoms with Crippen molar-refractivity contribution in [3.8, 4) is 22.3 Å². The summed E-state index contributed by atoms with van der Waals surface area (Å²) in [6.07, 6.45) is 0. The minimum atomic E-state index is -0.0288. The van der Waals surface area contributed by atoms with Crippen molar-refractivity contribution < 1.29 is 0 Å². The Hall–Kier alpha value is -3.84. The van der Waals surface area contributed by atoms with Gasteiger partial charge in [-0.15, -0.1) is 0 Å². The Morgan fingerprint density at radius 2 is 1.29 bits per heavy atom. The largest absolute Gasteiger partial charge is 0.344 e. The van der Waals surface area contributed by atoms with E-state index in [4.69, 9.17) is 0 Å². The molecular formula is C33H27N. The third-order valence-electron chi connectivity index (χ3n) is 8.06. The molecule has 34 heavy (non-hydrogen) atoms. The average molecular weight is 438 g/mol. The van der Waals surface area contributed by atoms with Crippen LogP contribution in [0.4, 0.5) is 0 Å². The number of para-hydroxylation sites is 1. The molecular weight excluding hydrogens is 410 g/mol. The molecule has 1 heteroatoms. The van der Waals surface area contributed by atoms with Crippen LogP contribution in [-0.4, -0.2) is 4.57 Å². The van der Waals surface area contributed by atoms with Crippen molar-refractivity contribution in [1.29, 1.82) is 0 Å². The number of hydrogen-bond donors (Lipinski definition) is 0. The van der Waals surface area contributed by atoms with E-state index in [-0.39, 0.29) is 5.41 Å². The summed E-state index contributed by atoms with van der Waals surface area (Å²) in [5.41, 5.74) is 12.1. The number of benzene rings is 5. The molecule has 1 aliphatic carbocycles. The summed E-state index contributed by atoms with van der Waals surface area (Å²) in [6, 6.07) is 34.1. The molecule has 1 nitrogen and oxygen atoms in total.